The maximum Gasteiger partial charge on any atom is 0.326 e. The Morgan fingerprint density at radius 1 is 1.18 bits per heavy atom. The third-order valence-corrected chi connectivity index (χ3v) is 4.90. The van der Waals surface area contributed by atoms with Crippen molar-refractivity contribution in [3.63, 3.8) is 0 Å². The molecule has 1 heterocycles. The van der Waals surface area contributed by atoms with E-state index < -0.39 is 0 Å². The largest absolute Gasteiger partial charge is 0.507 e. The quantitative estimate of drug-likeness (QED) is 0.270. The summed E-state index contributed by atoms with van der Waals surface area (Å²) in [5.74, 6) is 0.135. The fraction of sp³-hybridized carbons (Fsp3) is 0.333. The average molecular weight is 384 g/mol. The highest BCUT2D eigenvalue weighted by Crippen LogP contribution is 2.29. The smallest absolute Gasteiger partial charge is 0.326 e. The number of piperidine rings is 1. The van der Waals surface area contributed by atoms with Crippen LogP contribution in [0.1, 0.15) is 28.8 Å². The van der Waals surface area contributed by atoms with Gasteiger partial charge in [0.1, 0.15) is 18.1 Å². The second-order valence-corrected chi connectivity index (χ2v) is 6.67. The van der Waals surface area contributed by atoms with E-state index in [2.05, 4.69) is 5.16 Å². The van der Waals surface area contributed by atoms with Gasteiger partial charge < -0.3 is 24.7 Å². The Kier molecular flexibility index (Phi) is 6.37. The first-order valence-corrected chi connectivity index (χ1v) is 9.17. The third kappa shape index (κ3) is 4.54. The molecule has 0 bridgehead atoms. The molecule has 1 fully saturated rings. The third-order valence-electron chi connectivity index (χ3n) is 4.90. The summed E-state index contributed by atoms with van der Waals surface area (Å²) in [6, 6.07) is 14.5. The van der Waals surface area contributed by atoms with Gasteiger partial charge in [-0.1, -0.05) is 30.3 Å². The minimum Gasteiger partial charge on any atom is -0.507 e. The number of hydrogen-bond donors (Lipinski definition) is 2. The van der Waals surface area contributed by atoms with E-state index in [1.807, 2.05) is 35.2 Å². The molecule has 7 nitrogen and oxygen atoms in total. The number of ether oxygens (including phenoxy) is 2. The molecule has 1 saturated heterocycles. The van der Waals surface area contributed by atoms with Crippen molar-refractivity contribution >= 4 is 11.8 Å². The van der Waals surface area contributed by atoms with E-state index in [9.17, 15) is 15.1 Å². The van der Waals surface area contributed by atoms with Crippen LogP contribution in [0.2, 0.25) is 0 Å². The van der Waals surface area contributed by atoms with Gasteiger partial charge in [0.05, 0.1) is 12.7 Å². The van der Waals surface area contributed by atoms with Crippen LogP contribution in [0.3, 0.4) is 0 Å². The summed E-state index contributed by atoms with van der Waals surface area (Å²) in [7, 11) is 1.51. The van der Waals surface area contributed by atoms with Gasteiger partial charge in [-0.05, 0) is 35.7 Å². The minimum atomic E-state index is -0.204. The number of benzene rings is 2. The number of rotatable bonds is 5. The number of ketones is 1. The number of aromatic hydroxyl groups is 1. The van der Waals surface area contributed by atoms with E-state index in [1.165, 1.54) is 13.2 Å². The van der Waals surface area contributed by atoms with Crippen LogP contribution in [0, 0.1) is 5.92 Å². The van der Waals surface area contributed by atoms with Gasteiger partial charge in [0, 0.05) is 25.1 Å². The van der Waals surface area contributed by atoms with Gasteiger partial charge in [0.25, 0.3) is 0 Å². The van der Waals surface area contributed by atoms with Crippen molar-refractivity contribution in [2.24, 2.45) is 11.1 Å². The normalized spacial score (nSPS) is 15.3. The highest BCUT2D eigenvalue weighted by atomic mass is 16.5. The van der Waals surface area contributed by atoms with Gasteiger partial charge >= 0.3 is 6.02 Å². The summed E-state index contributed by atoms with van der Waals surface area (Å²) < 4.78 is 10.7. The molecule has 28 heavy (non-hydrogen) atoms. The van der Waals surface area contributed by atoms with Gasteiger partial charge in [-0.2, -0.15) is 0 Å². The molecule has 0 saturated carbocycles. The fourth-order valence-corrected chi connectivity index (χ4v) is 3.31. The van der Waals surface area contributed by atoms with E-state index in [0.29, 0.717) is 43.9 Å². The fourth-order valence-electron chi connectivity index (χ4n) is 3.31. The Bertz CT molecular complexity index is 830. The van der Waals surface area contributed by atoms with Gasteiger partial charge in [0.2, 0.25) is 0 Å². The SMILES string of the molecule is COc1ccc(C(=O)C2CCN(C(=NO)OCc3ccccc3)CC2)c(O)c1. The van der Waals surface area contributed by atoms with Crippen molar-refractivity contribution in [1.29, 1.82) is 0 Å². The lowest BCUT2D eigenvalue weighted by Crippen LogP contribution is -2.41. The van der Waals surface area contributed by atoms with E-state index in [1.54, 1.807) is 12.1 Å². The molecule has 0 aliphatic carbocycles. The molecule has 148 valence electrons. The van der Waals surface area contributed by atoms with Gasteiger partial charge in [0.15, 0.2) is 5.78 Å². The van der Waals surface area contributed by atoms with Crippen molar-refractivity contribution in [3.05, 3.63) is 59.7 Å². The molecule has 0 radical (unpaired) electrons. The van der Waals surface area contributed by atoms with Crippen LogP contribution >= 0.6 is 0 Å². The number of phenolic OH excluding ortho intramolecular Hbond substituents is 1. The summed E-state index contributed by atoms with van der Waals surface area (Å²) >= 11 is 0. The van der Waals surface area contributed by atoms with Gasteiger partial charge in [-0.3, -0.25) is 4.79 Å². The van der Waals surface area contributed by atoms with Crippen molar-refractivity contribution in [1.82, 2.24) is 4.90 Å². The zero-order valence-corrected chi connectivity index (χ0v) is 15.7. The molecule has 0 spiro atoms. The van der Waals surface area contributed by atoms with E-state index in [0.717, 1.165) is 5.56 Å². The number of carbonyl (C=O) groups is 1. The zero-order valence-electron chi connectivity index (χ0n) is 15.7. The molecule has 7 heteroatoms. The number of nitrogens with zero attached hydrogens (tertiary/aromatic N) is 2. The molecule has 2 N–H and O–H groups in total. The van der Waals surface area contributed by atoms with Crippen LogP contribution in [0.5, 0.6) is 11.5 Å². The molecule has 0 amide bonds. The first kappa shape index (κ1) is 19.5. The lowest BCUT2D eigenvalue weighted by atomic mass is 9.88. The van der Waals surface area contributed by atoms with Gasteiger partial charge in [-0.15, -0.1) is 0 Å². The summed E-state index contributed by atoms with van der Waals surface area (Å²) in [6.45, 7) is 1.36. The number of methoxy groups -OCH3 is 1. The van der Waals surface area contributed by atoms with E-state index in [4.69, 9.17) is 9.47 Å². The molecule has 0 atom stereocenters. The van der Waals surface area contributed by atoms with Crippen LogP contribution in [-0.4, -0.2) is 47.2 Å². The molecule has 3 rings (SSSR count). The van der Waals surface area contributed by atoms with Crippen LogP contribution < -0.4 is 4.74 Å². The highest BCUT2D eigenvalue weighted by Gasteiger charge is 2.29. The lowest BCUT2D eigenvalue weighted by Gasteiger charge is -2.32. The second kappa shape index (κ2) is 9.12. The molecule has 1 aliphatic heterocycles. The van der Waals surface area contributed by atoms with Crippen molar-refractivity contribution < 1.29 is 24.6 Å². The molecule has 2 aromatic carbocycles. The number of phenols is 1. The number of hydrogen-bond acceptors (Lipinski definition) is 6. The Morgan fingerprint density at radius 2 is 1.89 bits per heavy atom. The standard InChI is InChI=1S/C21H24N2O5/c1-27-17-7-8-18(19(24)13-17)20(25)16-9-11-23(12-10-16)21(22-26)28-14-15-5-3-2-4-6-15/h2-8,13,16,24,26H,9-12,14H2,1H3. The number of oxime groups is 1. The number of Topliss-reactive ketones (excluding diaryl/α,β-unsaturated/α-hetero) is 1. The average Bonchev–Trinajstić information content (AvgIpc) is 2.75. The Labute approximate surface area is 163 Å². The first-order valence-electron chi connectivity index (χ1n) is 9.17. The Balaban J connectivity index is 1.56. The molecule has 0 unspecified atom stereocenters. The van der Waals surface area contributed by atoms with Crippen molar-refractivity contribution in [2.45, 2.75) is 19.4 Å². The van der Waals surface area contributed by atoms with Crippen molar-refractivity contribution in [2.75, 3.05) is 20.2 Å². The zero-order chi connectivity index (χ0) is 19.9. The van der Waals surface area contributed by atoms with E-state index in [-0.39, 0.29) is 23.5 Å². The second-order valence-electron chi connectivity index (χ2n) is 6.67. The minimum absolute atomic E-state index is 0.0735. The summed E-state index contributed by atoms with van der Waals surface area (Å²) in [5.41, 5.74) is 1.28. The first-order chi connectivity index (χ1) is 13.6. The number of amidine groups is 1. The summed E-state index contributed by atoms with van der Waals surface area (Å²) in [6.07, 6.45) is 1.16. The van der Waals surface area contributed by atoms with Crippen LogP contribution in [-0.2, 0) is 11.3 Å². The summed E-state index contributed by atoms with van der Waals surface area (Å²) in [5, 5.41) is 22.7. The van der Waals surface area contributed by atoms with Crippen LogP contribution in [0.15, 0.2) is 53.7 Å². The summed E-state index contributed by atoms with van der Waals surface area (Å²) in [4.78, 5) is 14.6. The molecular weight excluding hydrogens is 360 g/mol. The molecule has 1 aliphatic rings. The Morgan fingerprint density at radius 3 is 2.50 bits per heavy atom. The van der Waals surface area contributed by atoms with Crippen molar-refractivity contribution in [3.8, 4) is 11.5 Å². The number of carbonyl (C=O) groups excluding carboxylic acids is 1. The van der Waals surface area contributed by atoms with Gasteiger partial charge in [-0.25, -0.2) is 0 Å². The van der Waals surface area contributed by atoms with E-state index >= 15 is 0 Å². The Hall–Kier alpha value is -3.22. The van der Waals surface area contributed by atoms with Crippen LogP contribution in [0.4, 0.5) is 0 Å². The monoisotopic (exact) mass is 384 g/mol. The predicted molar refractivity (Wildman–Crippen MR) is 104 cm³/mol. The molecular formula is C21H24N2O5. The topological polar surface area (TPSA) is 91.6 Å². The molecule has 0 aromatic heterocycles. The van der Waals surface area contributed by atoms with Crippen LogP contribution in [0.25, 0.3) is 0 Å². The highest BCUT2D eigenvalue weighted by molar-refractivity contribution is 6.00. The number of likely N-dealkylation sites (tertiary alicyclic amines) is 1. The molecule has 2 aromatic rings. The predicted octanol–water partition coefficient (Wildman–Crippen LogP) is 3.26. The maximum absolute atomic E-state index is 12.7. The maximum atomic E-state index is 12.7. The lowest BCUT2D eigenvalue weighted by molar-refractivity contribution is 0.0849.